The molecule has 4 fully saturated rings. The van der Waals surface area contributed by atoms with Crippen molar-refractivity contribution in [3.05, 3.63) is 34.3 Å². The highest BCUT2D eigenvalue weighted by molar-refractivity contribution is 9.10. The van der Waals surface area contributed by atoms with E-state index >= 15 is 0 Å². The van der Waals surface area contributed by atoms with E-state index in [0.717, 1.165) is 54.5 Å². The highest BCUT2D eigenvalue weighted by Crippen LogP contribution is 2.29. The van der Waals surface area contributed by atoms with Gasteiger partial charge in [0.15, 0.2) is 0 Å². The summed E-state index contributed by atoms with van der Waals surface area (Å²) < 4.78 is 1.84. The smallest absolute Gasteiger partial charge is 0.217 e. The summed E-state index contributed by atoms with van der Waals surface area (Å²) in [5, 5.41) is 0. The van der Waals surface area contributed by atoms with Crippen LogP contribution in [0.25, 0.3) is 0 Å². The quantitative estimate of drug-likeness (QED) is 0.610. The monoisotopic (exact) mass is 337 g/mol. The number of benzene rings is 1. The van der Waals surface area contributed by atoms with Crippen LogP contribution < -0.4 is 0 Å². The lowest BCUT2D eigenvalue weighted by atomic mass is 10.1. The van der Waals surface area contributed by atoms with Gasteiger partial charge in [0.25, 0.3) is 0 Å². The van der Waals surface area contributed by atoms with Gasteiger partial charge in [-0.15, -0.1) is 0 Å². The average Bonchev–Trinajstić information content (AvgIpc) is 2.36. The Bertz CT molecular complexity index is 527. The van der Waals surface area contributed by atoms with E-state index < -0.39 is 0 Å². The number of ketones is 1. The van der Waals surface area contributed by atoms with Gasteiger partial charge in [0.1, 0.15) is 26.6 Å². The van der Waals surface area contributed by atoms with E-state index in [0.29, 0.717) is 6.54 Å². The lowest BCUT2D eigenvalue weighted by Crippen LogP contribution is -2.79. The molecule has 106 valence electrons. The Morgan fingerprint density at radius 2 is 1.70 bits per heavy atom. The highest BCUT2D eigenvalue weighted by Gasteiger charge is 2.49. The van der Waals surface area contributed by atoms with Crippen LogP contribution in [0.15, 0.2) is 28.7 Å². The summed E-state index contributed by atoms with van der Waals surface area (Å²) in [6, 6.07) is 7.73. The molecule has 4 aliphatic rings. The van der Waals surface area contributed by atoms with Crippen molar-refractivity contribution in [2.45, 2.75) is 0 Å². The van der Waals surface area contributed by atoms with Crippen molar-refractivity contribution in [2.75, 3.05) is 46.6 Å². The van der Waals surface area contributed by atoms with Crippen LogP contribution in [0.1, 0.15) is 10.4 Å². The van der Waals surface area contributed by atoms with Crippen LogP contribution in [0.4, 0.5) is 0 Å². The number of quaternary nitrogens is 1. The molecule has 0 atom stereocenters. The summed E-state index contributed by atoms with van der Waals surface area (Å²) in [5.41, 5.74) is 0.813. The zero-order valence-electron chi connectivity index (χ0n) is 11.3. The lowest BCUT2D eigenvalue weighted by molar-refractivity contribution is -0.973. The lowest BCUT2D eigenvalue weighted by Gasteiger charge is -2.60. The molecule has 5 rings (SSSR count). The summed E-state index contributed by atoms with van der Waals surface area (Å²) >= 11 is 3.44. The second-order valence-electron chi connectivity index (χ2n) is 6.29. The Hall–Kier alpha value is -0.790. The number of carbonyl (C=O) groups is 1. The van der Waals surface area contributed by atoms with Gasteiger partial charge in [-0.1, -0.05) is 28.1 Å². The number of carbonyl (C=O) groups excluding carboxylic acids is 1. The fourth-order valence-electron chi connectivity index (χ4n) is 3.87. The van der Waals surface area contributed by atoms with Crippen LogP contribution in [0.5, 0.6) is 0 Å². The molecule has 4 saturated heterocycles. The summed E-state index contributed by atoms with van der Waals surface area (Å²) in [7, 11) is 0. The Morgan fingerprint density at radius 1 is 1.10 bits per heavy atom. The van der Waals surface area contributed by atoms with Gasteiger partial charge < -0.3 is 0 Å². The minimum Gasteiger partial charge on any atom is -0.288 e. The van der Waals surface area contributed by atoms with E-state index in [1.165, 1.54) is 0 Å². The Balaban J connectivity index is 1.55. The number of nitrogens with zero attached hydrogens (tertiary/aromatic N) is 4. The number of hydrogen-bond donors (Lipinski definition) is 0. The van der Waals surface area contributed by atoms with Gasteiger partial charge in [0.05, 0.1) is 20.0 Å². The third-order valence-electron chi connectivity index (χ3n) is 4.33. The standard InChI is InChI=1S/C14H18BrN4O/c15-13-3-1-2-12(4-13)14(20)5-19-9-16-6-17(10-19)8-18(7-16)11-19/h1-4H,5-11H2/q+1. The molecule has 1 aromatic rings. The molecule has 0 amide bonds. The van der Waals surface area contributed by atoms with Crippen LogP contribution in [-0.2, 0) is 0 Å². The van der Waals surface area contributed by atoms with Gasteiger partial charge in [0, 0.05) is 10.0 Å². The number of hydrogen-bond acceptors (Lipinski definition) is 4. The molecule has 0 radical (unpaired) electrons. The topological polar surface area (TPSA) is 26.8 Å². The van der Waals surface area contributed by atoms with E-state index in [4.69, 9.17) is 0 Å². The largest absolute Gasteiger partial charge is 0.288 e. The molecule has 0 spiro atoms. The SMILES string of the molecule is O=C(C[N+]12CN3CN(CN(C3)C1)C2)c1cccc(Br)c1. The molecule has 0 aromatic heterocycles. The molecule has 0 N–H and O–H groups in total. The van der Waals surface area contributed by atoms with Gasteiger partial charge in [0.2, 0.25) is 5.78 Å². The van der Waals surface area contributed by atoms with Crippen molar-refractivity contribution in [3.63, 3.8) is 0 Å². The van der Waals surface area contributed by atoms with Gasteiger partial charge in [-0.2, -0.15) is 0 Å². The predicted molar refractivity (Wildman–Crippen MR) is 78.3 cm³/mol. The molecule has 4 heterocycles. The minimum absolute atomic E-state index is 0.247. The van der Waals surface area contributed by atoms with Gasteiger partial charge in [-0.3, -0.25) is 9.28 Å². The summed E-state index contributed by atoms with van der Waals surface area (Å²) in [6.45, 7) is 6.79. The van der Waals surface area contributed by atoms with Gasteiger partial charge >= 0.3 is 0 Å². The Labute approximate surface area is 127 Å². The molecule has 0 saturated carbocycles. The third kappa shape index (κ3) is 2.21. The van der Waals surface area contributed by atoms with E-state index in [9.17, 15) is 4.79 Å². The molecule has 0 aliphatic carbocycles. The first-order chi connectivity index (χ1) is 9.62. The van der Waals surface area contributed by atoms with Crippen LogP contribution in [-0.4, -0.2) is 71.5 Å². The maximum absolute atomic E-state index is 12.6. The number of halogens is 1. The van der Waals surface area contributed by atoms with Gasteiger partial charge in [-0.05, 0) is 12.1 Å². The zero-order valence-corrected chi connectivity index (χ0v) is 12.9. The highest BCUT2D eigenvalue weighted by atomic mass is 79.9. The molecule has 5 nitrogen and oxygen atoms in total. The van der Waals surface area contributed by atoms with Crippen LogP contribution in [0.2, 0.25) is 0 Å². The summed E-state index contributed by atoms with van der Waals surface area (Å²) in [5.74, 6) is 0.247. The first-order valence-electron chi connectivity index (χ1n) is 6.93. The first-order valence-corrected chi connectivity index (χ1v) is 7.72. The van der Waals surface area contributed by atoms with Crippen molar-refractivity contribution < 1.29 is 9.28 Å². The maximum Gasteiger partial charge on any atom is 0.217 e. The second-order valence-corrected chi connectivity index (χ2v) is 7.21. The predicted octanol–water partition coefficient (Wildman–Crippen LogP) is 1.14. The van der Waals surface area contributed by atoms with Crippen LogP contribution >= 0.6 is 15.9 Å². The van der Waals surface area contributed by atoms with E-state index in [2.05, 4.69) is 30.6 Å². The molecular weight excluding hydrogens is 320 g/mol. The third-order valence-corrected chi connectivity index (χ3v) is 4.82. The van der Waals surface area contributed by atoms with E-state index in [1.807, 2.05) is 24.3 Å². The molecule has 0 unspecified atom stereocenters. The Morgan fingerprint density at radius 3 is 2.25 bits per heavy atom. The molecule has 4 bridgehead atoms. The summed E-state index contributed by atoms with van der Waals surface area (Å²) in [6.07, 6.45) is 0. The molecule has 1 aromatic carbocycles. The number of Topliss-reactive ketones (excluding diaryl/α,β-unsaturated/α-hetero) is 1. The van der Waals surface area contributed by atoms with Crippen LogP contribution in [0, 0.1) is 0 Å². The average molecular weight is 338 g/mol. The fraction of sp³-hybridized carbons (Fsp3) is 0.500. The van der Waals surface area contributed by atoms with Crippen LogP contribution in [0.3, 0.4) is 0 Å². The van der Waals surface area contributed by atoms with Crippen molar-refractivity contribution in [1.29, 1.82) is 0 Å². The van der Waals surface area contributed by atoms with Crippen molar-refractivity contribution in [3.8, 4) is 0 Å². The second kappa shape index (κ2) is 4.61. The minimum atomic E-state index is 0.247. The molecule has 6 heteroatoms. The molecule has 4 aliphatic heterocycles. The van der Waals surface area contributed by atoms with Crippen molar-refractivity contribution >= 4 is 21.7 Å². The zero-order chi connectivity index (χ0) is 13.7. The first kappa shape index (κ1) is 12.9. The van der Waals surface area contributed by atoms with Crippen molar-refractivity contribution in [2.24, 2.45) is 0 Å². The van der Waals surface area contributed by atoms with Crippen molar-refractivity contribution in [1.82, 2.24) is 14.7 Å². The molecular formula is C14H18BrN4O+. The molecule has 20 heavy (non-hydrogen) atoms. The maximum atomic E-state index is 12.6. The normalized spacial score (nSPS) is 38.1. The summed E-state index contributed by atoms with van der Waals surface area (Å²) in [4.78, 5) is 19.9. The fourth-order valence-corrected chi connectivity index (χ4v) is 4.27. The van der Waals surface area contributed by atoms with E-state index in [1.54, 1.807) is 0 Å². The Kier molecular flexibility index (Phi) is 2.98. The number of rotatable bonds is 3. The van der Waals surface area contributed by atoms with Gasteiger partial charge in [-0.25, -0.2) is 14.7 Å². The van der Waals surface area contributed by atoms with E-state index in [-0.39, 0.29) is 5.78 Å².